The van der Waals surface area contributed by atoms with Crippen LogP contribution >= 0.6 is 11.6 Å². The standard InChI is InChI=1S/C22H22ClN5O3S/c1-15-9-10-16(13-19(15)27-32(30,31)17-7-3-2-4-8-17)25-21(29)20-18(23)14-24-22(26-20)28-11-5-6-12-28/h2-4,7-10,13-14,27H,5-6,11-12H2,1H3,(H,25,29). The fourth-order valence-electron chi connectivity index (χ4n) is 3.39. The molecule has 166 valence electrons. The van der Waals surface area contributed by atoms with Crippen LogP contribution in [0.15, 0.2) is 59.6 Å². The van der Waals surface area contributed by atoms with Crippen LogP contribution in [0.3, 0.4) is 0 Å². The highest BCUT2D eigenvalue weighted by Gasteiger charge is 2.20. The van der Waals surface area contributed by atoms with E-state index in [9.17, 15) is 13.2 Å². The second-order valence-corrected chi connectivity index (χ2v) is 9.55. The van der Waals surface area contributed by atoms with Gasteiger partial charge in [-0.25, -0.2) is 18.4 Å². The molecule has 1 amide bonds. The maximum atomic E-state index is 12.9. The average Bonchev–Trinajstić information content (AvgIpc) is 3.32. The number of aryl methyl sites for hydroxylation is 1. The molecule has 3 aromatic rings. The zero-order valence-corrected chi connectivity index (χ0v) is 18.9. The summed E-state index contributed by atoms with van der Waals surface area (Å²) in [5, 5.41) is 2.88. The van der Waals surface area contributed by atoms with Crippen molar-refractivity contribution in [2.45, 2.75) is 24.7 Å². The minimum atomic E-state index is -3.76. The molecule has 0 radical (unpaired) electrons. The van der Waals surface area contributed by atoms with Crippen molar-refractivity contribution in [2.75, 3.05) is 28.0 Å². The van der Waals surface area contributed by atoms with Gasteiger partial charge in [0.25, 0.3) is 15.9 Å². The number of hydrogen-bond donors (Lipinski definition) is 2. The summed E-state index contributed by atoms with van der Waals surface area (Å²) in [6.07, 6.45) is 3.53. The number of nitrogens with one attached hydrogen (secondary N) is 2. The van der Waals surface area contributed by atoms with Crippen molar-refractivity contribution in [1.29, 1.82) is 0 Å². The number of aromatic nitrogens is 2. The summed E-state index contributed by atoms with van der Waals surface area (Å²) in [6, 6.07) is 13.0. The lowest BCUT2D eigenvalue weighted by Crippen LogP contribution is -2.23. The molecule has 0 atom stereocenters. The highest BCUT2D eigenvalue weighted by atomic mass is 35.5. The Kier molecular flexibility index (Phi) is 6.29. The van der Waals surface area contributed by atoms with Gasteiger partial charge in [-0.2, -0.15) is 0 Å². The van der Waals surface area contributed by atoms with Gasteiger partial charge in [-0.3, -0.25) is 9.52 Å². The number of rotatable bonds is 6. The van der Waals surface area contributed by atoms with E-state index < -0.39 is 15.9 Å². The number of halogens is 1. The molecule has 1 fully saturated rings. The second-order valence-electron chi connectivity index (χ2n) is 7.46. The normalized spacial score (nSPS) is 13.8. The molecule has 0 spiro atoms. The van der Waals surface area contributed by atoms with E-state index in [4.69, 9.17) is 11.6 Å². The Bertz CT molecular complexity index is 1250. The van der Waals surface area contributed by atoms with E-state index in [1.54, 1.807) is 43.3 Å². The monoisotopic (exact) mass is 471 g/mol. The molecular formula is C22H22ClN5O3S. The van der Waals surface area contributed by atoms with E-state index in [2.05, 4.69) is 20.0 Å². The number of hydrogen-bond acceptors (Lipinski definition) is 6. The summed E-state index contributed by atoms with van der Waals surface area (Å²) < 4.78 is 27.9. The highest BCUT2D eigenvalue weighted by Crippen LogP contribution is 2.25. The van der Waals surface area contributed by atoms with Crippen LogP contribution in [-0.2, 0) is 10.0 Å². The average molecular weight is 472 g/mol. The summed E-state index contributed by atoms with van der Waals surface area (Å²) in [5.74, 6) is -0.0316. The van der Waals surface area contributed by atoms with E-state index in [0.29, 0.717) is 22.9 Å². The lowest BCUT2D eigenvalue weighted by atomic mass is 10.2. The van der Waals surface area contributed by atoms with Crippen molar-refractivity contribution in [3.05, 3.63) is 71.0 Å². The lowest BCUT2D eigenvalue weighted by molar-refractivity contribution is 0.102. The Labute approximate surface area is 191 Å². The molecule has 10 heteroatoms. The number of carbonyl (C=O) groups is 1. The van der Waals surface area contributed by atoms with E-state index in [-0.39, 0.29) is 15.6 Å². The number of carbonyl (C=O) groups excluding carboxylic acids is 1. The molecule has 0 unspecified atom stereocenters. The molecule has 0 saturated carbocycles. The first-order valence-electron chi connectivity index (χ1n) is 10.1. The van der Waals surface area contributed by atoms with Gasteiger partial charge in [0.1, 0.15) is 0 Å². The molecule has 32 heavy (non-hydrogen) atoms. The Morgan fingerprint density at radius 3 is 2.53 bits per heavy atom. The highest BCUT2D eigenvalue weighted by molar-refractivity contribution is 7.92. The van der Waals surface area contributed by atoms with Crippen LogP contribution < -0.4 is 14.9 Å². The molecule has 0 bridgehead atoms. The third-order valence-electron chi connectivity index (χ3n) is 5.13. The number of nitrogens with zero attached hydrogens (tertiary/aromatic N) is 3. The fraction of sp³-hybridized carbons (Fsp3) is 0.227. The predicted octanol–water partition coefficient (Wildman–Crippen LogP) is 4.09. The van der Waals surface area contributed by atoms with E-state index in [0.717, 1.165) is 25.9 Å². The number of benzene rings is 2. The van der Waals surface area contributed by atoms with Gasteiger partial charge in [0.15, 0.2) is 5.69 Å². The van der Waals surface area contributed by atoms with Crippen LogP contribution in [-0.4, -0.2) is 37.4 Å². The van der Waals surface area contributed by atoms with Crippen LogP contribution in [0.5, 0.6) is 0 Å². The van der Waals surface area contributed by atoms with E-state index >= 15 is 0 Å². The van der Waals surface area contributed by atoms with Crippen molar-refractivity contribution in [1.82, 2.24) is 9.97 Å². The zero-order valence-electron chi connectivity index (χ0n) is 17.4. The first kappa shape index (κ1) is 22.0. The summed E-state index contributed by atoms with van der Waals surface area (Å²) in [6.45, 7) is 3.45. The van der Waals surface area contributed by atoms with Gasteiger partial charge in [0.05, 0.1) is 21.8 Å². The van der Waals surface area contributed by atoms with Crippen molar-refractivity contribution >= 4 is 44.9 Å². The summed E-state index contributed by atoms with van der Waals surface area (Å²) in [7, 11) is -3.76. The maximum Gasteiger partial charge on any atom is 0.276 e. The zero-order chi connectivity index (χ0) is 22.7. The van der Waals surface area contributed by atoms with Crippen LogP contribution in [0.4, 0.5) is 17.3 Å². The molecule has 2 heterocycles. The third-order valence-corrected chi connectivity index (χ3v) is 6.79. The van der Waals surface area contributed by atoms with Gasteiger partial charge in [-0.1, -0.05) is 35.9 Å². The molecule has 2 aromatic carbocycles. The fourth-order valence-corrected chi connectivity index (χ4v) is 4.71. The van der Waals surface area contributed by atoms with Crippen LogP contribution in [0.25, 0.3) is 0 Å². The van der Waals surface area contributed by atoms with Crippen molar-refractivity contribution < 1.29 is 13.2 Å². The van der Waals surface area contributed by atoms with E-state index in [1.165, 1.54) is 18.3 Å². The molecule has 1 aliphatic rings. The van der Waals surface area contributed by atoms with Gasteiger partial charge < -0.3 is 10.2 Å². The number of anilines is 3. The van der Waals surface area contributed by atoms with Gasteiger partial charge in [0.2, 0.25) is 5.95 Å². The summed E-state index contributed by atoms with van der Waals surface area (Å²) in [5.41, 5.74) is 1.54. The molecule has 8 nitrogen and oxygen atoms in total. The molecule has 1 aliphatic heterocycles. The molecule has 2 N–H and O–H groups in total. The van der Waals surface area contributed by atoms with E-state index in [1.807, 2.05) is 4.90 Å². The topological polar surface area (TPSA) is 104 Å². The lowest BCUT2D eigenvalue weighted by Gasteiger charge is -2.16. The minimum absolute atomic E-state index is 0.0653. The Balaban J connectivity index is 1.55. The Hall–Kier alpha value is -3.17. The van der Waals surface area contributed by atoms with Gasteiger partial charge in [0, 0.05) is 18.8 Å². The van der Waals surface area contributed by atoms with Gasteiger partial charge in [-0.15, -0.1) is 0 Å². The first-order valence-corrected chi connectivity index (χ1v) is 12.0. The predicted molar refractivity (Wildman–Crippen MR) is 125 cm³/mol. The minimum Gasteiger partial charge on any atom is -0.341 e. The number of sulfonamides is 1. The molecular weight excluding hydrogens is 450 g/mol. The largest absolute Gasteiger partial charge is 0.341 e. The first-order chi connectivity index (χ1) is 15.3. The Morgan fingerprint density at radius 2 is 1.81 bits per heavy atom. The number of amides is 1. The van der Waals surface area contributed by atoms with Crippen LogP contribution in [0.1, 0.15) is 28.9 Å². The quantitative estimate of drug-likeness (QED) is 0.561. The van der Waals surface area contributed by atoms with Gasteiger partial charge in [-0.05, 0) is 49.6 Å². The Morgan fingerprint density at radius 1 is 1.09 bits per heavy atom. The maximum absolute atomic E-state index is 12.9. The third kappa shape index (κ3) is 4.84. The molecule has 4 rings (SSSR count). The molecule has 0 aliphatic carbocycles. The van der Waals surface area contributed by atoms with Crippen molar-refractivity contribution in [3.63, 3.8) is 0 Å². The SMILES string of the molecule is Cc1ccc(NC(=O)c2nc(N3CCCC3)ncc2Cl)cc1NS(=O)(=O)c1ccccc1. The molecule has 1 aromatic heterocycles. The van der Waals surface area contributed by atoms with Crippen LogP contribution in [0, 0.1) is 6.92 Å². The van der Waals surface area contributed by atoms with Crippen LogP contribution in [0.2, 0.25) is 5.02 Å². The second kappa shape index (κ2) is 9.13. The summed E-state index contributed by atoms with van der Waals surface area (Å²) in [4.78, 5) is 23.6. The molecule has 1 saturated heterocycles. The summed E-state index contributed by atoms with van der Waals surface area (Å²) >= 11 is 6.18. The van der Waals surface area contributed by atoms with Gasteiger partial charge >= 0.3 is 0 Å². The van der Waals surface area contributed by atoms with Crippen molar-refractivity contribution in [2.24, 2.45) is 0 Å². The van der Waals surface area contributed by atoms with Crippen molar-refractivity contribution in [3.8, 4) is 0 Å². The smallest absolute Gasteiger partial charge is 0.276 e.